The molecule has 1 aliphatic heterocycles. The summed E-state index contributed by atoms with van der Waals surface area (Å²) in [4.78, 5) is 14.1. The summed E-state index contributed by atoms with van der Waals surface area (Å²) in [5.41, 5.74) is 5.95. The van der Waals surface area contributed by atoms with Crippen LogP contribution < -0.4 is 5.73 Å². The molecule has 4 heteroatoms. The van der Waals surface area contributed by atoms with E-state index in [0.29, 0.717) is 24.3 Å². The molecule has 0 bridgehead atoms. The van der Waals surface area contributed by atoms with Crippen LogP contribution >= 0.6 is 0 Å². The number of likely N-dealkylation sites (tertiary alicyclic amines) is 1. The molecule has 0 aromatic heterocycles. The van der Waals surface area contributed by atoms with Crippen molar-refractivity contribution in [3.05, 3.63) is 0 Å². The topological polar surface area (TPSA) is 55.6 Å². The predicted octanol–water partition coefficient (Wildman–Crippen LogP) is 1.14. The van der Waals surface area contributed by atoms with Crippen molar-refractivity contribution in [1.29, 1.82) is 0 Å². The van der Waals surface area contributed by atoms with E-state index in [4.69, 9.17) is 10.5 Å². The molecule has 1 heterocycles. The minimum atomic E-state index is 0.243. The molecule has 4 nitrogen and oxygen atoms in total. The minimum Gasteiger partial charge on any atom is -0.380 e. The van der Waals surface area contributed by atoms with Gasteiger partial charge >= 0.3 is 0 Å². The molecule has 17 heavy (non-hydrogen) atoms. The fraction of sp³-hybridized carbons (Fsp3) is 0.923. The zero-order chi connectivity index (χ0) is 12.3. The highest BCUT2D eigenvalue weighted by atomic mass is 16.5. The smallest absolute Gasteiger partial charge is 0.222 e. The second kappa shape index (κ2) is 5.83. The summed E-state index contributed by atoms with van der Waals surface area (Å²) in [6, 6.07) is 0.312. The summed E-state index contributed by atoms with van der Waals surface area (Å²) in [5, 5.41) is 0. The van der Waals surface area contributed by atoms with Gasteiger partial charge in [0.15, 0.2) is 0 Å². The molecule has 1 amide bonds. The van der Waals surface area contributed by atoms with Gasteiger partial charge in [-0.2, -0.15) is 0 Å². The van der Waals surface area contributed by atoms with Crippen molar-refractivity contribution in [2.24, 2.45) is 11.7 Å². The van der Waals surface area contributed by atoms with Crippen LogP contribution in [0.25, 0.3) is 0 Å². The Morgan fingerprint density at radius 3 is 2.88 bits per heavy atom. The van der Waals surface area contributed by atoms with Gasteiger partial charge in [-0.1, -0.05) is 6.42 Å². The number of amides is 1. The van der Waals surface area contributed by atoms with Crippen LogP contribution in [0.5, 0.6) is 0 Å². The van der Waals surface area contributed by atoms with Crippen LogP contribution in [0.1, 0.15) is 38.5 Å². The monoisotopic (exact) mass is 240 g/mol. The van der Waals surface area contributed by atoms with E-state index in [1.807, 2.05) is 4.90 Å². The standard InChI is InChI=1S/C13H24N2O2/c1-17-12-5-6-15(9-12)13(16)8-10-3-2-4-11(14)7-10/h10-12H,2-9,14H2,1H3. The summed E-state index contributed by atoms with van der Waals surface area (Å²) >= 11 is 0. The first-order valence-electron chi connectivity index (χ1n) is 6.75. The van der Waals surface area contributed by atoms with E-state index >= 15 is 0 Å². The third-order valence-electron chi connectivity index (χ3n) is 4.12. The third-order valence-corrected chi connectivity index (χ3v) is 4.12. The molecule has 0 radical (unpaired) electrons. The summed E-state index contributed by atoms with van der Waals surface area (Å²) < 4.78 is 5.28. The van der Waals surface area contributed by atoms with E-state index in [0.717, 1.165) is 32.4 Å². The Labute approximate surface area is 103 Å². The third kappa shape index (κ3) is 3.42. The number of carbonyl (C=O) groups excluding carboxylic acids is 1. The molecule has 3 unspecified atom stereocenters. The Kier molecular flexibility index (Phi) is 4.40. The van der Waals surface area contributed by atoms with Crippen LogP contribution in [0.15, 0.2) is 0 Å². The fourth-order valence-corrected chi connectivity index (χ4v) is 3.04. The van der Waals surface area contributed by atoms with Crippen molar-refractivity contribution in [1.82, 2.24) is 4.90 Å². The second-order valence-corrected chi connectivity index (χ2v) is 5.48. The van der Waals surface area contributed by atoms with Gasteiger partial charge in [0.05, 0.1) is 6.10 Å². The average Bonchev–Trinajstić information content (AvgIpc) is 2.77. The quantitative estimate of drug-likeness (QED) is 0.805. The lowest BCUT2D eigenvalue weighted by Gasteiger charge is -2.27. The van der Waals surface area contributed by atoms with Crippen LogP contribution in [0.3, 0.4) is 0 Å². The lowest BCUT2D eigenvalue weighted by Crippen LogP contribution is -2.34. The SMILES string of the molecule is COC1CCN(C(=O)CC2CCCC(N)C2)C1. The van der Waals surface area contributed by atoms with E-state index in [1.165, 1.54) is 12.8 Å². The number of hydrogen-bond acceptors (Lipinski definition) is 3. The second-order valence-electron chi connectivity index (χ2n) is 5.48. The molecule has 0 aromatic carbocycles. The summed E-state index contributed by atoms with van der Waals surface area (Å²) in [5.74, 6) is 0.802. The van der Waals surface area contributed by atoms with Gasteiger partial charge in [-0.05, 0) is 31.6 Å². The van der Waals surface area contributed by atoms with Gasteiger partial charge < -0.3 is 15.4 Å². The number of carbonyl (C=O) groups is 1. The Morgan fingerprint density at radius 2 is 2.24 bits per heavy atom. The lowest BCUT2D eigenvalue weighted by atomic mass is 9.84. The van der Waals surface area contributed by atoms with Gasteiger partial charge in [0, 0.05) is 32.7 Å². The molecule has 1 saturated heterocycles. The Morgan fingerprint density at radius 1 is 1.41 bits per heavy atom. The van der Waals surface area contributed by atoms with Gasteiger partial charge in [-0.3, -0.25) is 4.79 Å². The molecule has 2 fully saturated rings. The largest absolute Gasteiger partial charge is 0.380 e. The van der Waals surface area contributed by atoms with E-state index in [9.17, 15) is 4.79 Å². The Hall–Kier alpha value is -0.610. The molecule has 2 aliphatic rings. The first-order chi connectivity index (χ1) is 8.19. The van der Waals surface area contributed by atoms with Crippen molar-refractivity contribution in [3.63, 3.8) is 0 Å². The summed E-state index contributed by atoms with van der Waals surface area (Å²) in [7, 11) is 1.72. The fourth-order valence-electron chi connectivity index (χ4n) is 3.04. The van der Waals surface area contributed by atoms with Crippen LogP contribution in [0, 0.1) is 5.92 Å². The van der Waals surface area contributed by atoms with Crippen LogP contribution in [-0.2, 0) is 9.53 Å². The van der Waals surface area contributed by atoms with Crippen LogP contribution in [-0.4, -0.2) is 43.2 Å². The van der Waals surface area contributed by atoms with Crippen molar-refractivity contribution < 1.29 is 9.53 Å². The zero-order valence-electron chi connectivity index (χ0n) is 10.7. The van der Waals surface area contributed by atoms with Crippen molar-refractivity contribution in [3.8, 4) is 0 Å². The van der Waals surface area contributed by atoms with Gasteiger partial charge in [-0.15, -0.1) is 0 Å². The Balaban J connectivity index is 1.77. The first kappa shape index (κ1) is 12.8. The van der Waals surface area contributed by atoms with Gasteiger partial charge in [0.2, 0.25) is 5.91 Å². The van der Waals surface area contributed by atoms with E-state index < -0.39 is 0 Å². The number of hydrogen-bond donors (Lipinski definition) is 1. The molecule has 2 rings (SSSR count). The maximum absolute atomic E-state index is 12.1. The number of nitrogens with two attached hydrogens (primary N) is 1. The number of methoxy groups -OCH3 is 1. The first-order valence-corrected chi connectivity index (χ1v) is 6.75. The highest BCUT2D eigenvalue weighted by Crippen LogP contribution is 2.27. The van der Waals surface area contributed by atoms with E-state index in [1.54, 1.807) is 7.11 Å². The predicted molar refractivity (Wildman–Crippen MR) is 66.5 cm³/mol. The van der Waals surface area contributed by atoms with Crippen molar-refractivity contribution >= 4 is 5.91 Å². The maximum Gasteiger partial charge on any atom is 0.222 e. The molecule has 2 N–H and O–H groups in total. The molecular formula is C13H24N2O2. The number of ether oxygens (including phenoxy) is 1. The molecule has 1 saturated carbocycles. The average molecular weight is 240 g/mol. The molecule has 3 atom stereocenters. The zero-order valence-corrected chi connectivity index (χ0v) is 10.7. The maximum atomic E-state index is 12.1. The van der Waals surface area contributed by atoms with E-state index in [2.05, 4.69) is 0 Å². The van der Waals surface area contributed by atoms with Crippen molar-refractivity contribution in [2.45, 2.75) is 50.7 Å². The summed E-state index contributed by atoms with van der Waals surface area (Å²) in [6.07, 6.45) is 6.40. The van der Waals surface area contributed by atoms with Gasteiger partial charge in [0.1, 0.15) is 0 Å². The molecule has 1 aliphatic carbocycles. The Bertz CT molecular complexity index is 270. The van der Waals surface area contributed by atoms with Gasteiger partial charge in [-0.25, -0.2) is 0 Å². The normalized spacial score (nSPS) is 34.0. The van der Waals surface area contributed by atoms with Crippen molar-refractivity contribution in [2.75, 3.05) is 20.2 Å². The number of nitrogens with zero attached hydrogens (tertiary/aromatic N) is 1. The van der Waals surface area contributed by atoms with Crippen LogP contribution in [0.2, 0.25) is 0 Å². The number of rotatable bonds is 3. The van der Waals surface area contributed by atoms with E-state index in [-0.39, 0.29) is 6.10 Å². The lowest BCUT2D eigenvalue weighted by molar-refractivity contribution is -0.131. The molecule has 0 spiro atoms. The van der Waals surface area contributed by atoms with Gasteiger partial charge in [0.25, 0.3) is 0 Å². The molecular weight excluding hydrogens is 216 g/mol. The highest BCUT2D eigenvalue weighted by Gasteiger charge is 2.28. The minimum absolute atomic E-state index is 0.243. The summed E-state index contributed by atoms with van der Waals surface area (Å²) in [6.45, 7) is 1.63. The highest BCUT2D eigenvalue weighted by molar-refractivity contribution is 5.76. The molecule has 0 aromatic rings. The van der Waals surface area contributed by atoms with Crippen LogP contribution in [0.4, 0.5) is 0 Å². The molecule has 98 valence electrons.